The monoisotopic (exact) mass is 311 g/mol. The number of aryl methyl sites for hydroxylation is 2. The van der Waals surface area contributed by atoms with E-state index in [1.54, 1.807) is 12.1 Å². The molecule has 1 aliphatic rings. The number of ether oxygens (including phenoxy) is 1. The van der Waals surface area contributed by atoms with Crippen molar-refractivity contribution >= 4 is 5.69 Å². The van der Waals surface area contributed by atoms with E-state index in [1.807, 2.05) is 6.07 Å². The predicted molar refractivity (Wildman–Crippen MR) is 89.7 cm³/mol. The van der Waals surface area contributed by atoms with Gasteiger partial charge in [0.25, 0.3) is 5.69 Å². The third-order valence-electron chi connectivity index (χ3n) is 4.69. The van der Waals surface area contributed by atoms with Crippen LogP contribution in [0, 0.1) is 24.0 Å². The SMILES string of the molecule is Cc1cccc(C)c1[C@H]1CCO[C@@H](c2cccc([N+](=O)[O-])c2)C1. The van der Waals surface area contributed by atoms with Crippen LogP contribution in [0.25, 0.3) is 0 Å². The fraction of sp³-hybridized carbons (Fsp3) is 0.368. The van der Waals surface area contributed by atoms with Gasteiger partial charge in [0.2, 0.25) is 0 Å². The van der Waals surface area contributed by atoms with Crippen LogP contribution in [0.4, 0.5) is 5.69 Å². The Balaban J connectivity index is 1.86. The lowest BCUT2D eigenvalue weighted by Crippen LogP contribution is -2.20. The molecule has 0 amide bonds. The van der Waals surface area contributed by atoms with Gasteiger partial charge in [-0.25, -0.2) is 0 Å². The van der Waals surface area contributed by atoms with Gasteiger partial charge in [0.15, 0.2) is 0 Å². The first-order valence-electron chi connectivity index (χ1n) is 7.98. The Bertz CT molecular complexity index is 706. The molecule has 0 spiro atoms. The molecule has 0 N–H and O–H groups in total. The summed E-state index contributed by atoms with van der Waals surface area (Å²) in [6.07, 6.45) is 1.79. The van der Waals surface area contributed by atoms with Crippen molar-refractivity contribution in [3.8, 4) is 0 Å². The summed E-state index contributed by atoms with van der Waals surface area (Å²) in [6.45, 7) is 4.99. The third kappa shape index (κ3) is 3.27. The lowest BCUT2D eigenvalue weighted by Gasteiger charge is -2.31. The van der Waals surface area contributed by atoms with Crippen molar-refractivity contribution in [1.82, 2.24) is 0 Å². The lowest BCUT2D eigenvalue weighted by atomic mass is 9.82. The second kappa shape index (κ2) is 6.50. The molecule has 0 aliphatic carbocycles. The topological polar surface area (TPSA) is 52.4 Å². The Hall–Kier alpha value is -2.20. The van der Waals surface area contributed by atoms with Gasteiger partial charge < -0.3 is 4.74 Å². The van der Waals surface area contributed by atoms with Gasteiger partial charge in [-0.15, -0.1) is 0 Å². The zero-order chi connectivity index (χ0) is 16.4. The standard InChI is InChI=1S/C19H21NO3/c1-13-5-3-6-14(2)19(13)16-9-10-23-18(12-16)15-7-4-8-17(11-15)20(21)22/h3-8,11,16,18H,9-10,12H2,1-2H3/t16-,18+/m0/s1. The van der Waals surface area contributed by atoms with Crippen molar-refractivity contribution in [2.45, 2.75) is 38.7 Å². The minimum atomic E-state index is -0.352. The highest BCUT2D eigenvalue weighted by atomic mass is 16.6. The zero-order valence-electron chi connectivity index (χ0n) is 13.5. The molecular formula is C19H21NO3. The van der Waals surface area contributed by atoms with Crippen molar-refractivity contribution in [2.24, 2.45) is 0 Å². The van der Waals surface area contributed by atoms with Gasteiger partial charge in [0.1, 0.15) is 0 Å². The molecule has 0 unspecified atom stereocenters. The van der Waals surface area contributed by atoms with E-state index in [-0.39, 0.29) is 16.7 Å². The van der Waals surface area contributed by atoms with Gasteiger partial charge in [-0.3, -0.25) is 10.1 Å². The summed E-state index contributed by atoms with van der Waals surface area (Å²) < 4.78 is 5.91. The number of hydrogen-bond donors (Lipinski definition) is 0. The van der Waals surface area contributed by atoms with Crippen LogP contribution in [-0.4, -0.2) is 11.5 Å². The maximum absolute atomic E-state index is 11.0. The van der Waals surface area contributed by atoms with E-state index < -0.39 is 0 Å². The van der Waals surface area contributed by atoms with Crippen LogP contribution in [0.2, 0.25) is 0 Å². The molecule has 0 aromatic heterocycles. The number of benzene rings is 2. The second-order valence-electron chi connectivity index (χ2n) is 6.24. The summed E-state index contributed by atoms with van der Waals surface area (Å²) in [7, 11) is 0. The molecule has 4 nitrogen and oxygen atoms in total. The van der Waals surface area contributed by atoms with E-state index >= 15 is 0 Å². The molecule has 1 aliphatic heterocycles. The van der Waals surface area contributed by atoms with E-state index in [4.69, 9.17) is 4.74 Å². The molecule has 3 rings (SSSR count). The van der Waals surface area contributed by atoms with Crippen LogP contribution in [-0.2, 0) is 4.74 Å². The van der Waals surface area contributed by atoms with E-state index in [1.165, 1.54) is 22.8 Å². The number of nitrogens with zero attached hydrogens (tertiary/aromatic N) is 1. The Morgan fingerprint density at radius 1 is 1.13 bits per heavy atom. The van der Waals surface area contributed by atoms with Crippen LogP contribution < -0.4 is 0 Å². The quantitative estimate of drug-likeness (QED) is 0.601. The van der Waals surface area contributed by atoms with Crippen molar-refractivity contribution in [3.63, 3.8) is 0 Å². The van der Waals surface area contributed by atoms with Crippen LogP contribution in [0.5, 0.6) is 0 Å². The summed E-state index contributed by atoms with van der Waals surface area (Å²) in [5.74, 6) is 0.439. The summed E-state index contributed by atoms with van der Waals surface area (Å²) in [5.41, 5.74) is 5.06. The number of non-ortho nitro benzene ring substituents is 1. The number of rotatable bonds is 3. The molecule has 2 atom stereocenters. The first-order valence-corrected chi connectivity index (χ1v) is 7.98. The predicted octanol–water partition coefficient (Wildman–Crippen LogP) is 4.85. The number of nitro groups is 1. The van der Waals surface area contributed by atoms with Crippen LogP contribution in [0.1, 0.15) is 47.1 Å². The first-order chi connectivity index (χ1) is 11.1. The maximum Gasteiger partial charge on any atom is 0.269 e. The summed E-state index contributed by atoms with van der Waals surface area (Å²) in [5, 5.41) is 11.0. The fourth-order valence-electron chi connectivity index (χ4n) is 3.60. The minimum Gasteiger partial charge on any atom is -0.373 e. The Morgan fingerprint density at radius 3 is 2.52 bits per heavy atom. The number of nitro benzene ring substituents is 1. The van der Waals surface area contributed by atoms with Crippen molar-refractivity contribution in [2.75, 3.05) is 6.61 Å². The number of hydrogen-bond acceptors (Lipinski definition) is 3. The van der Waals surface area contributed by atoms with E-state index in [0.29, 0.717) is 12.5 Å². The Kier molecular flexibility index (Phi) is 4.44. The largest absolute Gasteiger partial charge is 0.373 e. The molecule has 1 fully saturated rings. The van der Waals surface area contributed by atoms with Crippen LogP contribution >= 0.6 is 0 Å². The minimum absolute atomic E-state index is 0.0762. The second-order valence-corrected chi connectivity index (χ2v) is 6.24. The molecule has 2 aromatic carbocycles. The molecule has 0 saturated carbocycles. The highest BCUT2D eigenvalue weighted by molar-refractivity contribution is 5.39. The molecule has 4 heteroatoms. The normalized spacial score (nSPS) is 21.1. The average molecular weight is 311 g/mol. The van der Waals surface area contributed by atoms with Crippen LogP contribution in [0.3, 0.4) is 0 Å². The first kappa shape index (κ1) is 15.7. The van der Waals surface area contributed by atoms with Crippen molar-refractivity contribution in [3.05, 3.63) is 74.8 Å². The molecule has 120 valence electrons. The van der Waals surface area contributed by atoms with Crippen molar-refractivity contribution < 1.29 is 9.66 Å². The van der Waals surface area contributed by atoms with Gasteiger partial charge in [-0.2, -0.15) is 0 Å². The molecule has 0 bridgehead atoms. The molecule has 2 aromatic rings. The lowest BCUT2D eigenvalue weighted by molar-refractivity contribution is -0.385. The van der Waals surface area contributed by atoms with Gasteiger partial charge >= 0.3 is 0 Å². The van der Waals surface area contributed by atoms with E-state index in [9.17, 15) is 10.1 Å². The summed E-state index contributed by atoms with van der Waals surface area (Å²) in [4.78, 5) is 10.6. The van der Waals surface area contributed by atoms with Gasteiger partial charge in [0.05, 0.1) is 11.0 Å². The molecular weight excluding hydrogens is 290 g/mol. The Labute approximate surface area is 136 Å². The van der Waals surface area contributed by atoms with E-state index in [0.717, 1.165) is 18.4 Å². The Morgan fingerprint density at radius 2 is 1.83 bits per heavy atom. The zero-order valence-corrected chi connectivity index (χ0v) is 13.5. The van der Waals surface area contributed by atoms with E-state index in [2.05, 4.69) is 32.0 Å². The fourth-order valence-corrected chi connectivity index (χ4v) is 3.60. The molecule has 0 radical (unpaired) electrons. The maximum atomic E-state index is 11.0. The average Bonchev–Trinajstić information content (AvgIpc) is 2.55. The van der Waals surface area contributed by atoms with Crippen molar-refractivity contribution in [1.29, 1.82) is 0 Å². The smallest absolute Gasteiger partial charge is 0.269 e. The molecule has 23 heavy (non-hydrogen) atoms. The van der Waals surface area contributed by atoms with Gasteiger partial charge in [0, 0.05) is 18.7 Å². The third-order valence-corrected chi connectivity index (χ3v) is 4.69. The molecule has 1 saturated heterocycles. The highest BCUT2D eigenvalue weighted by Gasteiger charge is 2.27. The highest BCUT2D eigenvalue weighted by Crippen LogP contribution is 2.40. The summed E-state index contributed by atoms with van der Waals surface area (Å²) in [6, 6.07) is 13.2. The van der Waals surface area contributed by atoms with Gasteiger partial charge in [-0.05, 0) is 54.9 Å². The van der Waals surface area contributed by atoms with Gasteiger partial charge in [-0.1, -0.05) is 30.3 Å². The molecule has 1 heterocycles. The van der Waals surface area contributed by atoms with Crippen LogP contribution in [0.15, 0.2) is 42.5 Å². The summed E-state index contributed by atoms with van der Waals surface area (Å²) >= 11 is 0.